The van der Waals surface area contributed by atoms with E-state index in [1.165, 1.54) is 37.5 Å². The number of esters is 1. The molecule has 0 aliphatic carbocycles. The Morgan fingerprint density at radius 1 is 1.25 bits per heavy atom. The number of carbonyl (C=O) groups excluding carboxylic acids is 4. The fraction of sp³-hybridized carbons (Fsp3) is 0.200. The van der Waals surface area contributed by atoms with E-state index in [-0.39, 0.29) is 29.8 Å². The van der Waals surface area contributed by atoms with Crippen molar-refractivity contribution in [2.45, 2.75) is 19.6 Å². The van der Waals surface area contributed by atoms with Gasteiger partial charge < -0.3 is 14.5 Å². The third kappa shape index (κ3) is 3.71. The molecular formula is C20H18N2O6. The Kier molecular flexibility index (Phi) is 5.39. The SMILES string of the molecule is C=CCNC(=O)[C@@H](C)OC(=O)c1ccc2c(c1)C(=O)N(Cc1ccco1)C2=O. The van der Waals surface area contributed by atoms with Crippen LogP contribution < -0.4 is 5.32 Å². The van der Waals surface area contributed by atoms with Crippen molar-refractivity contribution in [2.24, 2.45) is 0 Å². The van der Waals surface area contributed by atoms with Crippen LogP contribution in [0.15, 0.2) is 53.7 Å². The summed E-state index contributed by atoms with van der Waals surface area (Å²) in [6.07, 6.45) is 1.94. The summed E-state index contributed by atoms with van der Waals surface area (Å²) in [7, 11) is 0. The van der Waals surface area contributed by atoms with E-state index in [1.807, 2.05) is 0 Å². The van der Waals surface area contributed by atoms with Gasteiger partial charge in [0.15, 0.2) is 6.10 Å². The predicted octanol–water partition coefficient (Wildman–Crippen LogP) is 1.92. The van der Waals surface area contributed by atoms with Gasteiger partial charge in [0.25, 0.3) is 17.7 Å². The molecule has 2 heterocycles. The fourth-order valence-corrected chi connectivity index (χ4v) is 2.72. The van der Waals surface area contributed by atoms with Crippen molar-refractivity contribution in [3.8, 4) is 0 Å². The number of furan rings is 1. The van der Waals surface area contributed by atoms with Crippen LogP contribution in [0.3, 0.4) is 0 Å². The lowest BCUT2D eigenvalue weighted by molar-refractivity contribution is -0.128. The van der Waals surface area contributed by atoms with E-state index in [0.717, 1.165) is 4.90 Å². The first-order chi connectivity index (χ1) is 13.4. The summed E-state index contributed by atoms with van der Waals surface area (Å²) in [4.78, 5) is 50.2. The third-order valence-electron chi connectivity index (χ3n) is 4.17. The quantitative estimate of drug-likeness (QED) is 0.446. The molecule has 3 rings (SSSR count). The molecule has 2 aromatic rings. The van der Waals surface area contributed by atoms with E-state index < -0.39 is 29.8 Å². The topological polar surface area (TPSA) is 106 Å². The Bertz CT molecular complexity index is 948. The van der Waals surface area contributed by atoms with E-state index in [4.69, 9.17) is 9.15 Å². The van der Waals surface area contributed by atoms with Crippen molar-refractivity contribution < 1.29 is 28.3 Å². The lowest BCUT2D eigenvalue weighted by Gasteiger charge is -2.13. The molecular weight excluding hydrogens is 364 g/mol. The number of carbonyl (C=O) groups is 4. The molecule has 1 aliphatic heterocycles. The Balaban J connectivity index is 1.74. The van der Waals surface area contributed by atoms with E-state index in [2.05, 4.69) is 11.9 Å². The molecule has 1 aromatic carbocycles. The summed E-state index contributed by atoms with van der Waals surface area (Å²) < 4.78 is 10.3. The Hall–Kier alpha value is -3.68. The Morgan fingerprint density at radius 2 is 2.00 bits per heavy atom. The molecule has 3 amide bonds. The number of nitrogens with zero attached hydrogens (tertiary/aromatic N) is 1. The minimum atomic E-state index is -1.02. The number of ether oxygens (including phenoxy) is 1. The maximum absolute atomic E-state index is 12.6. The van der Waals surface area contributed by atoms with Crippen LogP contribution >= 0.6 is 0 Å². The number of rotatable bonds is 7. The van der Waals surface area contributed by atoms with E-state index in [9.17, 15) is 19.2 Å². The second kappa shape index (κ2) is 7.91. The molecule has 144 valence electrons. The van der Waals surface area contributed by atoms with E-state index in [0.29, 0.717) is 5.76 Å². The van der Waals surface area contributed by atoms with Crippen molar-refractivity contribution in [3.05, 3.63) is 71.7 Å². The molecule has 0 saturated heterocycles. The van der Waals surface area contributed by atoms with Gasteiger partial charge in [0.1, 0.15) is 5.76 Å². The third-order valence-corrected chi connectivity index (χ3v) is 4.17. The monoisotopic (exact) mass is 382 g/mol. The van der Waals surface area contributed by atoms with Crippen LogP contribution in [0.25, 0.3) is 0 Å². The molecule has 0 spiro atoms. The zero-order valence-electron chi connectivity index (χ0n) is 15.1. The highest BCUT2D eigenvalue weighted by molar-refractivity contribution is 6.21. The molecule has 8 nitrogen and oxygen atoms in total. The van der Waals surface area contributed by atoms with Crippen molar-refractivity contribution in [1.29, 1.82) is 0 Å². The van der Waals surface area contributed by atoms with Crippen molar-refractivity contribution >= 4 is 23.7 Å². The molecule has 0 bridgehead atoms. The lowest BCUT2D eigenvalue weighted by Crippen LogP contribution is -2.35. The second-order valence-corrected chi connectivity index (χ2v) is 6.12. The summed E-state index contributed by atoms with van der Waals surface area (Å²) in [6, 6.07) is 7.40. The molecule has 1 atom stereocenters. The average molecular weight is 382 g/mol. The van der Waals surface area contributed by atoms with E-state index >= 15 is 0 Å². The highest BCUT2D eigenvalue weighted by Crippen LogP contribution is 2.26. The molecule has 0 fully saturated rings. The lowest BCUT2D eigenvalue weighted by atomic mass is 10.1. The van der Waals surface area contributed by atoms with Gasteiger partial charge in [-0.3, -0.25) is 19.3 Å². The van der Waals surface area contributed by atoms with Gasteiger partial charge >= 0.3 is 5.97 Å². The zero-order chi connectivity index (χ0) is 20.3. The number of amides is 3. The molecule has 0 radical (unpaired) electrons. The number of imide groups is 1. The largest absolute Gasteiger partial charge is 0.467 e. The van der Waals surface area contributed by atoms with Gasteiger partial charge in [0.05, 0.1) is 29.5 Å². The number of hydrogen-bond acceptors (Lipinski definition) is 6. The molecule has 8 heteroatoms. The van der Waals surface area contributed by atoms with Crippen molar-refractivity contribution in [2.75, 3.05) is 6.54 Å². The summed E-state index contributed by atoms with van der Waals surface area (Å²) >= 11 is 0. The normalized spacial score (nSPS) is 13.8. The first-order valence-electron chi connectivity index (χ1n) is 8.54. The van der Waals surface area contributed by atoms with Crippen LogP contribution in [0.2, 0.25) is 0 Å². The number of fused-ring (bicyclic) bond motifs is 1. The summed E-state index contributed by atoms with van der Waals surface area (Å²) in [5.74, 6) is -1.76. The molecule has 1 N–H and O–H groups in total. The van der Waals surface area contributed by atoms with Gasteiger partial charge in [-0.1, -0.05) is 6.08 Å². The van der Waals surface area contributed by atoms with Crippen molar-refractivity contribution in [1.82, 2.24) is 10.2 Å². The van der Waals surface area contributed by atoms with Gasteiger partial charge in [0.2, 0.25) is 0 Å². The smallest absolute Gasteiger partial charge is 0.338 e. The number of benzene rings is 1. The first kappa shape index (κ1) is 19.1. The number of nitrogens with one attached hydrogen (secondary N) is 1. The van der Waals surface area contributed by atoms with Gasteiger partial charge in [-0.05, 0) is 37.3 Å². The van der Waals surface area contributed by atoms with Crippen LogP contribution in [0.5, 0.6) is 0 Å². The molecule has 28 heavy (non-hydrogen) atoms. The Morgan fingerprint density at radius 3 is 2.68 bits per heavy atom. The highest BCUT2D eigenvalue weighted by atomic mass is 16.5. The van der Waals surface area contributed by atoms with Gasteiger partial charge in [-0.25, -0.2) is 4.79 Å². The summed E-state index contributed by atoms with van der Waals surface area (Å²) in [5, 5.41) is 2.52. The molecule has 0 saturated carbocycles. The highest BCUT2D eigenvalue weighted by Gasteiger charge is 2.36. The van der Waals surface area contributed by atoms with Crippen LogP contribution in [0.4, 0.5) is 0 Å². The zero-order valence-corrected chi connectivity index (χ0v) is 15.1. The maximum Gasteiger partial charge on any atom is 0.338 e. The first-order valence-corrected chi connectivity index (χ1v) is 8.54. The maximum atomic E-state index is 12.6. The van der Waals surface area contributed by atoms with Crippen LogP contribution in [0.1, 0.15) is 43.8 Å². The van der Waals surface area contributed by atoms with Crippen LogP contribution in [-0.4, -0.2) is 41.2 Å². The van der Waals surface area contributed by atoms with Gasteiger partial charge in [0, 0.05) is 6.54 Å². The molecule has 1 aliphatic rings. The van der Waals surface area contributed by atoms with Gasteiger partial charge in [-0.15, -0.1) is 6.58 Å². The fourth-order valence-electron chi connectivity index (χ4n) is 2.72. The van der Waals surface area contributed by atoms with E-state index in [1.54, 1.807) is 12.1 Å². The predicted molar refractivity (Wildman–Crippen MR) is 97.4 cm³/mol. The minimum Gasteiger partial charge on any atom is -0.467 e. The Labute approximate surface area is 160 Å². The minimum absolute atomic E-state index is 0.000362. The van der Waals surface area contributed by atoms with Crippen LogP contribution in [0, 0.1) is 0 Å². The summed E-state index contributed by atoms with van der Waals surface area (Å²) in [5.41, 5.74) is 0.378. The summed E-state index contributed by atoms with van der Waals surface area (Å²) in [6.45, 7) is 5.17. The molecule has 0 unspecified atom stereocenters. The molecule has 1 aromatic heterocycles. The van der Waals surface area contributed by atoms with Crippen LogP contribution in [-0.2, 0) is 16.1 Å². The standard InChI is InChI=1S/C20H18N2O6/c1-3-8-21-17(23)12(2)28-20(26)13-6-7-15-16(10-13)19(25)22(18(15)24)11-14-5-4-9-27-14/h3-7,9-10,12H,1,8,11H2,2H3,(H,21,23)/t12-/m1/s1. The second-order valence-electron chi connectivity index (χ2n) is 6.12. The number of hydrogen-bond donors (Lipinski definition) is 1. The van der Waals surface area contributed by atoms with Gasteiger partial charge in [-0.2, -0.15) is 0 Å². The average Bonchev–Trinajstić information content (AvgIpc) is 3.28. The van der Waals surface area contributed by atoms with Crippen molar-refractivity contribution in [3.63, 3.8) is 0 Å².